The van der Waals surface area contributed by atoms with Crippen molar-refractivity contribution in [2.45, 2.75) is 19.3 Å². The lowest BCUT2D eigenvalue weighted by atomic mass is 10.0. The molecule has 19 heavy (non-hydrogen) atoms. The van der Waals surface area contributed by atoms with Crippen molar-refractivity contribution in [2.75, 3.05) is 0 Å². The number of nitrogens with zero attached hydrogens (tertiary/aromatic N) is 1. The van der Waals surface area contributed by atoms with Crippen molar-refractivity contribution in [3.8, 4) is 0 Å². The largest absolute Gasteiger partial charge is 0.299 e. The highest BCUT2D eigenvalue weighted by Crippen LogP contribution is 2.12. The Labute approximate surface area is 110 Å². The molecule has 0 aliphatic heterocycles. The number of aromatic nitrogens is 1. The Morgan fingerprint density at radius 1 is 1.11 bits per heavy atom. The van der Waals surface area contributed by atoms with Gasteiger partial charge >= 0.3 is 0 Å². The summed E-state index contributed by atoms with van der Waals surface area (Å²) in [5, 5.41) is 0. The van der Waals surface area contributed by atoms with Gasteiger partial charge in [0.2, 0.25) is 0 Å². The number of ketones is 1. The van der Waals surface area contributed by atoms with Crippen LogP contribution in [0.5, 0.6) is 0 Å². The zero-order chi connectivity index (χ0) is 13.7. The van der Waals surface area contributed by atoms with Gasteiger partial charge in [0, 0.05) is 31.3 Å². The first-order valence-corrected chi connectivity index (χ1v) is 5.99. The molecule has 1 aromatic carbocycles. The third kappa shape index (κ3) is 3.95. The molecule has 2 aromatic rings. The molecule has 0 aliphatic rings. The minimum Gasteiger partial charge on any atom is -0.299 e. The van der Waals surface area contributed by atoms with E-state index in [0.29, 0.717) is 12.8 Å². The quantitative estimate of drug-likeness (QED) is 0.827. The minimum atomic E-state index is -0.669. The number of aryl methyl sites for hydroxylation is 1. The number of rotatable bonds is 5. The van der Waals surface area contributed by atoms with E-state index in [9.17, 15) is 13.6 Å². The van der Waals surface area contributed by atoms with E-state index in [0.717, 1.165) is 17.7 Å². The monoisotopic (exact) mass is 261 g/mol. The third-order valence-corrected chi connectivity index (χ3v) is 2.84. The van der Waals surface area contributed by atoms with Crippen molar-refractivity contribution >= 4 is 5.78 Å². The van der Waals surface area contributed by atoms with E-state index in [1.807, 2.05) is 12.1 Å². The van der Waals surface area contributed by atoms with E-state index >= 15 is 0 Å². The second-order valence-corrected chi connectivity index (χ2v) is 4.31. The molecule has 0 amide bonds. The summed E-state index contributed by atoms with van der Waals surface area (Å²) in [6.07, 6.45) is 4.26. The van der Waals surface area contributed by atoms with Gasteiger partial charge in [0.05, 0.1) is 0 Å². The van der Waals surface area contributed by atoms with Crippen LogP contribution in [0, 0.1) is 11.6 Å². The Morgan fingerprint density at radius 2 is 1.84 bits per heavy atom. The molecule has 0 atom stereocenters. The first kappa shape index (κ1) is 13.3. The molecule has 0 radical (unpaired) electrons. The van der Waals surface area contributed by atoms with Gasteiger partial charge in [0.1, 0.15) is 17.4 Å². The van der Waals surface area contributed by atoms with Crippen molar-refractivity contribution in [3.63, 3.8) is 0 Å². The summed E-state index contributed by atoms with van der Waals surface area (Å²) < 4.78 is 26.1. The van der Waals surface area contributed by atoms with Gasteiger partial charge in [0.25, 0.3) is 0 Å². The zero-order valence-corrected chi connectivity index (χ0v) is 10.3. The molecule has 98 valence electrons. The highest BCUT2D eigenvalue weighted by Gasteiger charge is 2.09. The van der Waals surface area contributed by atoms with Crippen LogP contribution in [0.15, 0.2) is 42.7 Å². The predicted octanol–water partition coefficient (Wildman–Crippen LogP) is 3.10. The first-order chi connectivity index (χ1) is 9.15. The molecule has 0 bridgehead atoms. The third-order valence-electron chi connectivity index (χ3n) is 2.84. The Morgan fingerprint density at radius 3 is 2.53 bits per heavy atom. The van der Waals surface area contributed by atoms with Gasteiger partial charge < -0.3 is 0 Å². The lowest BCUT2D eigenvalue weighted by Gasteiger charge is -2.03. The Bertz CT molecular complexity index is 570. The van der Waals surface area contributed by atoms with Gasteiger partial charge in [-0.3, -0.25) is 9.78 Å². The topological polar surface area (TPSA) is 30.0 Å². The summed E-state index contributed by atoms with van der Waals surface area (Å²) in [7, 11) is 0. The van der Waals surface area contributed by atoms with Crippen molar-refractivity contribution in [1.29, 1.82) is 0 Å². The standard InChI is InChI=1S/C15H13F2NO/c16-13-3-2-12(15(17)10-13)9-14(19)4-1-11-5-7-18-8-6-11/h2-3,5-8,10H,1,4,9H2. The predicted molar refractivity (Wildman–Crippen MR) is 67.6 cm³/mol. The molecule has 0 spiro atoms. The number of carbonyl (C=O) groups is 1. The van der Waals surface area contributed by atoms with E-state index in [-0.39, 0.29) is 17.8 Å². The molecule has 1 heterocycles. The number of halogens is 2. The number of pyridine rings is 1. The van der Waals surface area contributed by atoms with E-state index < -0.39 is 11.6 Å². The molecule has 0 saturated carbocycles. The maximum absolute atomic E-state index is 13.4. The molecular formula is C15H13F2NO. The van der Waals surface area contributed by atoms with Gasteiger partial charge in [0.15, 0.2) is 0 Å². The van der Waals surface area contributed by atoms with Crippen molar-refractivity contribution in [3.05, 3.63) is 65.5 Å². The second-order valence-electron chi connectivity index (χ2n) is 4.31. The average molecular weight is 261 g/mol. The van der Waals surface area contributed by atoms with Crippen LogP contribution in [-0.4, -0.2) is 10.8 Å². The molecule has 0 N–H and O–H groups in total. The molecule has 0 unspecified atom stereocenters. The number of Topliss-reactive ketones (excluding diaryl/α,β-unsaturated/α-hetero) is 1. The summed E-state index contributed by atoms with van der Waals surface area (Å²) in [5.74, 6) is -1.37. The highest BCUT2D eigenvalue weighted by atomic mass is 19.1. The van der Waals surface area contributed by atoms with Crippen molar-refractivity contribution in [1.82, 2.24) is 4.98 Å². The highest BCUT2D eigenvalue weighted by molar-refractivity contribution is 5.81. The lowest BCUT2D eigenvalue weighted by Crippen LogP contribution is -2.06. The number of benzene rings is 1. The number of carbonyl (C=O) groups excluding carboxylic acids is 1. The molecule has 0 saturated heterocycles. The van der Waals surface area contributed by atoms with Gasteiger partial charge in [-0.15, -0.1) is 0 Å². The molecule has 0 aliphatic carbocycles. The van der Waals surface area contributed by atoms with Gasteiger partial charge in [-0.25, -0.2) is 8.78 Å². The molecule has 1 aromatic heterocycles. The Kier molecular flexibility index (Phi) is 4.34. The molecular weight excluding hydrogens is 248 g/mol. The minimum absolute atomic E-state index is 0.00278. The van der Waals surface area contributed by atoms with E-state index in [1.54, 1.807) is 12.4 Å². The average Bonchev–Trinajstić information content (AvgIpc) is 2.41. The van der Waals surface area contributed by atoms with Crippen molar-refractivity contribution in [2.24, 2.45) is 0 Å². The van der Waals surface area contributed by atoms with Crippen LogP contribution < -0.4 is 0 Å². The van der Waals surface area contributed by atoms with Gasteiger partial charge in [-0.1, -0.05) is 6.07 Å². The molecule has 2 nitrogen and oxygen atoms in total. The lowest BCUT2D eigenvalue weighted by molar-refractivity contribution is -0.118. The summed E-state index contributed by atoms with van der Waals surface area (Å²) >= 11 is 0. The molecule has 2 rings (SSSR count). The Hall–Kier alpha value is -2.10. The Balaban J connectivity index is 1.91. The van der Waals surface area contributed by atoms with Crippen LogP contribution in [0.2, 0.25) is 0 Å². The fourth-order valence-electron chi connectivity index (χ4n) is 1.80. The van der Waals surface area contributed by atoms with Crippen LogP contribution >= 0.6 is 0 Å². The number of hydrogen-bond donors (Lipinski definition) is 0. The normalized spacial score (nSPS) is 10.4. The summed E-state index contributed by atoms with van der Waals surface area (Å²) in [6, 6.07) is 6.95. The molecule has 4 heteroatoms. The van der Waals surface area contributed by atoms with Crippen LogP contribution in [0.4, 0.5) is 8.78 Å². The smallest absolute Gasteiger partial charge is 0.137 e. The van der Waals surface area contributed by atoms with Gasteiger partial charge in [-0.2, -0.15) is 0 Å². The maximum atomic E-state index is 13.4. The van der Waals surface area contributed by atoms with Crippen LogP contribution in [0.1, 0.15) is 17.5 Å². The fraction of sp³-hybridized carbons (Fsp3) is 0.200. The molecule has 0 fully saturated rings. The van der Waals surface area contributed by atoms with E-state index in [4.69, 9.17) is 0 Å². The maximum Gasteiger partial charge on any atom is 0.137 e. The number of hydrogen-bond acceptors (Lipinski definition) is 2. The summed E-state index contributed by atoms with van der Waals surface area (Å²) in [6.45, 7) is 0. The SMILES string of the molecule is O=C(CCc1ccncc1)Cc1ccc(F)cc1F. The van der Waals surface area contributed by atoms with Crippen LogP contribution in [0.3, 0.4) is 0 Å². The van der Waals surface area contributed by atoms with Gasteiger partial charge in [-0.05, 0) is 35.7 Å². The first-order valence-electron chi connectivity index (χ1n) is 5.99. The summed E-state index contributed by atoms with van der Waals surface area (Å²) in [4.78, 5) is 15.6. The van der Waals surface area contributed by atoms with Crippen molar-refractivity contribution < 1.29 is 13.6 Å². The second kappa shape index (κ2) is 6.18. The van der Waals surface area contributed by atoms with E-state index in [1.165, 1.54) is 6.07 Å². The van der Waals surface area contributed by atoms with Crippen LogP contribution in [-0.2, 0) is 17.6 Å². The van der Waals surface area contributed by atoms with E-state index in [2.05, 4.69) is 4.98 Å². The fourth-order valence-corrected chi connectivity index (χ4v) is 1.80. The summed E-state index contributed by atoms with van der Waals surface area (Å²) in [5.41, 5.74) is 1.25. The zero-order valence-electron chi connectivity index (χ0n) is 10.3. The van der Waals surface area contributed by atoms with Crippen LogP contribution in [0.25, 0.3) is 0 Å².